The molecule has 0 unspecified atom stereocenters. The number of ether oxygens (including phenoxy) is 2. The molecule has 22 heavy (non-hydrogen) atoms. The molecule has 0 aliphatic rings. The summed E-state index contributed by atoms with van der Waals surface area (Å²) in [6, 6.07) is 15.5. The molecule has 0 spiro atoms. The van der Waals surface area contributed by atoms with Crippen LogP contribution in [-0.2, 0) is 17.8 Å². The number of esters is 1. The highest BCUT2D eigenvalue weighted by atomic mass is 16.5. The maximum atomic E-state index is 11.4. The molecule has 116 valence electrons. The van der Waals surface area contributed by atoms with Gasteiger partial charge in [-0.15, -0.1) is 0 Å². The number of rotatable bonds is 7. The van der Waals surface area contributed by atoms with Gasteiger partial charge in [0.05, 0.1) is 12.7 Å². The molecular formula is C19H22O3. The number of unbranched alkanes of at least 4 members (excludes halogenated alkanes) is 1. The Morgan fingerprint density at radius 3 is 2.45 bits per heavy atom. The Hall–Kier alpha value is -2.29. The van der Waals surface area contributed by atoms with Crippen molar-refractivity contribution in [3.63, 3.8) is 0 Å². The Labute approximate surface area is 131 Å². The molecule has 0 aromatic heterocycles. The van der Waals surface area contributed by atoms with Gasteiger partial charge in [0.15, 0.2) is 0 Å². The van der Waals surface area contributed by atoms with Crippen LogP contribution in [0, 0.1) is 0 Å². The van der Waals surface area contributed by atoms with E-state index in [9.17, 15) is 4.79 Å². The van der Waals surface area contributed by atoms with Gasteiger partial charge in [-0.3, -0.25) is 0 Å². The summed E-state index contributed by atoms with van der Waals surface area (Å²) in [7, 11) is 1.37. The van der Waals surface area contributed by atoms with Gasteiger partial charge in [-0.2, -0.15) is 0 Å². The highest BCUT2D eigenvalue weighted by molar-refractivity contribution is 5.89. The molecule has 0 aliphatic carbocycles. The number of hydrogen-bond donors (Lipinski definition) is 0. The molecule has 0 radical (unpaired) electrons. The van der Waals surface area contributed by atoms with Gasteiger partial charge < -0.3 is 9.47 Å². The molecule has 0 aliphatic heterocycles. The van der Waals surface area contributed by atoms with Crippen LogP contribution in [-0.4, -0.2) is 13.1 Å². The van der Waals surface area contributed by atoms with Crippen molar-refractivity contribution in [1.82, 2.24) is 0 Å². The fourth-order valence-electron chi connectivity index (χ4n) is 2.23. The summed E-state index contributed by atoms with van der Waals surface area (Å²) in [5.41, 5.74) is 3.03. The molecule has 0 saturated heterocycles. The Balaban J connectivity index is 1.93. The van der Waals surface area contributed by atoms with Gasteiger partial charge >= 0.3 is 5.97 Å². The van der Waals surface area contributed by atoms with Gasteiger partial charge in [-0.05, 0) is 48.2 Å². The van der Waals surface area contributed by atoms with E-state index in [2.05, 4.69) is 35.9 Å². The summed E-state index contributed by atoms with van der Waals surface area (Å²) in [6.45, 7) is 2.72. The molecule has 0 saturated carbocycles. The number of methoxy groups -OCH3 is 1. The van der Waals surface area contributed by atoms with E-state index in [0.29, 0.717) is 12.2 Å². The van der Waals surface area contributed by atoms with Crippen molar-refractivity contribution in [3.05, 3.63) is 65.2 Å². The van der Waals surface area contributed by atoms with Crippen molar-refractivity contribution < 1.29 is 14.3 Å². The molecule has 2 aromatic rings. The zero-order valence-corrected chi connectivity index (χ0v) is 13.2. The SMILES string of the molecule is CCCCc1cccc(COc2ccc(C(=O)OC)cc2)c1. The van der Waals surface area contributed by atoms with Gasteiger partial charge in [0.1, 0.15) is 12.4 Å². The van der Waals surface area contributed by atoms with Crippen molar-refractivity contribution in [2.75, 3.05) is 7.11 Å². The molecule has 0 atom stereocenters. The molecule has 0 N–H and O–H groups in total. The fourth-order valence-corrected chi connectivity index (χ4v) is 2.23. The number of hydrogen-bond acceptors (Lipinski definition) is 3. The molecule has 0 bridgehead atoms. The molecule has 0 heterocycles. The average molecular weight is 298 g/mol. The second-order valence-electron chi connectivity index (χ2n) is 5.23. The van der Waals surface area contributed by atoms with Crippen molar-refractivity contribution >= 4 is 5.97 Å². The Kier molecular flexibility index (Phi) is 6.01. The quantitative estimate of drug-likeness (QED) is 0.711. The van der Waals surface area contributed by atoms with E-state index < -0.39 is 0 Å². The van der Waals surface area contributed by atoms with E-state index in [1.54, 1.807) is 24.3 Å². The summed E-state index contributed by atoms with van der Waals surface area (Å²) in [5, 5.41) is 0. The monoisotopic (exact) mass is 298 g/mol. The largest absolute Gasteiger partial charge is 0.489 e. The minimum absolute atomic E-state index is 0.338. The first-order chi connectivity index (χ1) is 10.7. The summed E-state index contributed by atoms with van der Waals surface area (Å²) < 4.78 is 10.4. The number of benzene rings is 2. The van der Waals surface area contributed by atoms with E-state index in [1.807, 2.05) is 0 Å². The van der Waals surface area contributed by atoms with Crippen LogP contribution >= 0.6 is 0 Å². The van der Waals surface area contributed by atoms with Gasteiger partial charge in [0.2, 0.25) is 0 Å². The number of carbonyl (C=O) groups is 1. The van der Waals surface area contributed by atoms with Gasteiger partial charge in [-0.1, -0.05) is 37.6 Å². The first-order valence-corrected chi connectivity index (χ1v) is 7.62. The van der Waals surface area contributed by atoms with Gasteiger partial charge in [0, 0.05) is 0 Å². The molecule has 2 aromatic carbocycles. The normalized spacial score (nSPS) is 10.3. The van der Waals surface area contributed by atoms with Crippen LogP contribution in [0.1, 0.15) is 41.3 Å². The lowest BCUT2D eigenvalue weighted by Gasteiger charge is -2.08. The smallest absolute Gasteiger partial charge is 0.337 e. The maximum absolute atomic E-state index is 11.4. The van der Waals surface area contributed by atoms with Crippen molar-refractivity contribution in [1.29, 1.82) is 0 Å². The van der Waals surface area contributed by atoms with Crippen LogP contribution in [0.5, 0.6) is 5.75 Å². The number of aryl methyl sites for hydroxylation is 1. The van der Waals surface area contributed by atoms with Gasteiger partial charge in [0.25, 0.3) is 0 Å². The van der Waals surface area contributed by atoms with Crippen LogP contribution < -0.4 is 4.74 Å². The minimum Gasteiger partial charge on any atom is -0.489 e. The highest BCUT2D eigenvalue weighted by Gasteiger charge is 2.05. The molecule has 0 fully saturated rings. The molecule has 2 rings (SSSR count). The molecule has 3 nitrogen and oxygen atoms in total. The predicted molar refractivity (Wildman–Crippen MR) is 87.2 cm³/mol. The minimum atomic E-state index is -0.338. The summed E-state index contributed by atoms with van der Waals surface area (Å²) in [6.07, 6.45) is 3.52. The van der Waals surface area contributed by atoms with Crippen molar-refractivity contribution in [2.24, 2.45) is 0 Å². The van der Waals surface area contributed by atoms with E-state index in [1.165, 1.54) is 25.5 Å². The molecule has 3 heteroatoms. The third kappa shape index (κ3) is 4.62. The lowest BCUT2D eigenvalue weighted by atomic mass is 10.1. The Morgan fingerprint density at radius 1 is 1.05 bits per heavy atom. The predicted octanol–water partition coefficient (Wildman–Crippen LogP) is 4.39. The van der Waals surface area contributed by atoms with E-state index in [4.69, 9.17) is 4.74 Å². The lowest BCUT2D eigenvalue weighted by molar-refractivity contribution is 0.0600. The maximum Gasteiger partial charge on any atom is 0.337 e. The third-order valence-electron chi connectivity index (χ3n) is 3.49. The van der Waals surface area contributed by atoms with Crippen molar-refractivity contribution in [3.8, 4) is 5.75 Å². The highest BCUT2D eigenvalue weighted by Crippen LogP contribution is 2.16. The Morgan fingerprint density at radius 2 is 1.77 bits per heavy atom. The van der Waals surface area contributed by atoms with Gasteiger partial charge in [-0.25, -0.2) is 4.79 Å². The summed E-state index contributed by atoms with van der Waals surface area (Å²) in [5.74, 6) is 0.404. The topological polar surface area (TPSA) is 35.5 Å². The van der Waals surface area contributed by atoms with E-state index >= 15 is 0 Å². The molecular weight excluding hydrogens is 276 g/mol. The van der Waals surface area contributed by atoms with E-state index in [0.717, 1.165) is 17.7 Å². The Bertz CT molecular complexity index is 602. The summed E-state index contributed by atoms with van der Waals surface area (Å²) in [4.78, 5) is 11.4. The second kappa shape index (κ2) is 8.23. The first kappa shape index (κ1) is 16.1. The second-order valence-corrected chi connectivity index (χ2v) is 5.23. The van der Waals surface area contributed by atoms with E-state index in [-0.39, 0.29) is 5.97 Å². The van der Waals surface area contributed by atoms with Crippen LogP contribution in [0.3, 0.4) is 0 Å². The zero-order chi connectivity index (χ0) is 15.8. The fraction of sp³-hybridized carbons (Fsp3) is 0.316. The van der Waals surface area contributed by atoms with Crippen LogP contribution in [0.25, 0.3) is 0 Å². The number of carbonyl (C=O) groups excluding carboxylic acids is 1. The first-order valence-electron chi connectivity index (χ1n) is 7.62. The third-order valence-corrected chi connectivity index (χ3v) is 3.49. The average Bonchev–Trinajstić information content (AvgIpc) is 2.58. The van der Waals surface area contributed by atoms with Crippen LogP contribution in [0.2, 0.25) is 0 Å². The lowest BCUT2D eigenvalue weighted by Crippen LogP contribution is -2.01. The van der Waals surface area contributed by atoms with Crippen LogP contribution in [0.15, 0.2) is 48.5 Å². The molecule has 0 amide bonds. The van der Waals surface area contributed by atoms with Crippen LogP contribution in [0.4, 0.5) is 0 Å². The summed E-state index contributed by atoms with van der Waals surface area (Å²) >= 11 is 0. The standard InChI is InChI=1S/C19H22O3/c1-3-4-6-15-7-5-8-16(13-15)14-22-18-11-9-17(10-12-18)19(20)21-2/h5,7-13H,3-4,6,14H2,1-2H3. The van der Waals surface area contributed by atoms with Crippen molar-refractivity contribution in [2.45, 2.75) is 32.8 Å². The zero-order valence-electron chi connectivity index (χ0n) is 13.2.